The van der Waals surface area contributed by atoms with Crippen molar-refractivity contribution >= 4 is 5.78 Å². The number of aromatic nitrogens is 2. The summed E-state index contributed by atoms with van der Waals surface area (Å²) < 4.78 is 12.8. The van der Waals surface area contributed by atoms with Crippen LogP contribution in [0.2, 0.25) is 0 Å². The lowest BCUT2D eigenvalue weighted by Crippen LogP contribution is -2.21. The minimum absolute atomic E-state index is 0.0458. The van der Waals surface area contributed by atoms with Crippen LogP contribution in [-0.4, -0.2) is 29.8 Å². The summed E-state index contributed by atoms with van der Waals surface area (Å²) in [4.78, 5) is 12.9. The lowest BCUT2D eigenvalue weighted by Gasteiger charge is -2.25. The van der Waals surface area contributed by atoms with E-state index >= 15 is 0 Å². The van der Waals surface area contributed by atoms with Crippen molar-refractivity contribution in [1.29, 1.82) is 0 Å². The number of rotatable bonds is 4. The van der Waals surface area contributed by atoms with Crippen molar-refractivity contribution in [1.82, 2.24) is 9.78 Å². The summed E-state index contributed by atoms with van der Waals surface area (Å²) in [6, 6.07) is 15.7. The molecule has 0 saturated heterocycles. The summed E-state index contributed by atoms with van der Waals surface area (Å²) in [5, 5.41) is 4.66. The van der Waals surface area contributed by atoms with Gasteiger partial charge in [0.25, 0.3) is 0 Å². The SMILES string of the molecule is COc1ccc([C@@H]2CC(=O)c3c(C)nn(-c4ccccc4)c3C2)c(OC)c1. The molecule has 0 saturated carbocycles. The highest BCUT2D eigenvalue weighted by atomic mass is 16.5. The first-order valence-electron chi connectivity index (χ1n) is 9.01. The highest BCUT2D eigenvalue weighted by Gasteiger charge is 2.33. The van der Waals surface area contributed by atoms with Crippen molar-refractivity contribution in [3.8, 4) is 17.2 Å². The van der Waals surface area contributed by atoms with E-state index in [4.69, 9.17) is 9.47 Å². The average Bonchev–Trinajstić information content (AvgIpc) is 3.05. The molecular formula is C22H22N2O3. The quantitative estimate of drug-likeness (QED) is 0.701. The van der Waals surface area contributed by atoms with E-state index in [2.05, 4.69) is 5.10 Å². The number of fused-ring (bicyclic) bond motifs is 1. The minimum Gasteiger partial charge on any atom is -0.497 e. The van der Waals surface area contributed by atoms with E-state index in [1.165, 1.54) is 0 Å². The number of Topliss-reactive ketones (excluding diaryl/α,β-unsaturated/α-hetero) is 1. The van der Waals surface area contributed by atoms with E-state index in [-0.39, 0.29) is 11.7 Å². The van der Waals surface area contributed by atoms with Crippen LogP contribution in [0.25, 0.3) is 5.69 Å². The van der Waals surface area contributed by atoms with Gasteiger partial charge in [0.15, 0.2) is 5.78 Å². The van der Waals surface area contributed by atoms with Crippen LogP contribution in [0.5, 0.6) is 11.5 Å². The van der Waals surface area contributed by atoms with E-state index < -0.39 is 0 Å². The second kappa shape index (κ2) is 6.91. The Bertz CT molecular complexity index is 992. The molecule has 2 aromatic carbocycles. The Kier molecular flexibility index (Phi) is 4.44. The predicted molar refractivity (Wildman–Crippen MR) is 103 cm³/mol. The summed E-state index contributed by atoms with van der Waals surface area (Å²) in [6.07, 6.45) is 1.19. The Morgan fingerprint density at radius 2 is 1.81 bits per heavy atom. The van der Waals surface area contributed by atoms with Gasteiger partial charge >= 0.3 is 0 Å². The van der Waals surface area contributed by atoms with Crippen molar-refractivity contribution in [3.63, 3.8) is 0 Å². The number of aryl methyl sites for hydroxylation is 1. The maximum atomic E-state index is 12.9. The Morgan fingerprint density at radius 3 is 2.52 bits per heavy atom. The van der Waals surface area contributed by atoms with Crippen molar-refractivity contribution in [3.05, 3.63) is 71.0 Å². The molecule has 0 aliphatic heterocycles. The van der Waals surface area contributed by atoms with Crippen LogP contribution in [0, 0.1) is 6.92 Å². The van der Waals surface area contributed by atoms with Crippen molar-refractivity contribution < 1.29 is 14.3 Å². The third kappa shape index (κ3) is 2.99. The van der Waals surface area contributed by atoms with Crippen molar-refractivity contribution in [2.24, 2.45) is 0 Å². The first kappa shape index (κ1) is 17.3. The highest BCUT2D eigenvalue weighted by Crippen LogP contribution is 2.39. The van der Waals surface area contributed by atoms with E-state index in [1.54, 1.807) is 14.2 Å². The third-order valence-electron chi connectivity index (χ3n) is 5.19. The smallest absolute Gasteiger partial charge is 0.167 e. The largest absolute Gasteiger partial charge is 0.497 e. The molecule has 5 heteroatoms. The Morgan fingerprint density at radius 1 is 1.04 bits per heavy atom. The van der Waals surface area contributed by atoms with Crippen molar-refractivity contribution in [2.45, 2.75) is 25.7 Å². The normalized spacial score (nSPS) is 16.1. The molecule has 0 radical (unpaired) electrons. The standard InChI is InChI=1S/C22H22N2O3/c1-14-22-19(24(23-14)16-7-5-4-6-8-16)11-15(12-20(22)25)18-10-9-17(26-2)13-21(18)27-3/h4-10,13,15H,11-12H2,1-3H3/t15-/m0/s1. The number of methoxy groups -OCH3 is 2. The number of para-hydroxylation sites is 1. The van der Waals surface area contributed by atoms with E-state index in [0.29, 0.717) is 6.42 Å². The van der Waals surface area contributed by atoms with Gasteiger partial charge in [-0.25, -0.2) is 4.68 Å². The molecule has 138 valence electrons. The fraction of sp³-hybridized carbons (Fsp3) is 0.273. The molecule has 0 fully saturated rings. The summed E-state index contributed by atoms with van der Waals surface area (Å²) in [5.41, 5.74) is 4.52. The molecule has 5 nitrogen and oxygen atoms in total. The maximum Gasteiger partial charge on any atom is 0.167 e. The number of carbonyl (C=O) groups is 1. The number of benzene rings is 2. The molecule has 0 unspecified atom stereocenters. The fourth-order valence-electron chi connectivity index (χ4n) is 3.92. The Labute approximate surface area is 158 Å². The second-order valence-electron chi connectivity index (χ2n) is 6.79. The lowest BCUT2D eigenvalue weighted by atomic mass is 9.81. The van der Waals surface area contributed by atoms with Crippen LogP contribution >= 0.6 is 0 Å². The number of hydrogen-bond donors (Lipinski definition) is 0. The Balaban J connectivity index is 1.78. The molecular weight excluding hydrogens is 340 g/mol. The van der Waals surface area contributed by atoms with Gasteiger partial charge in [-0.15, -0.1) is 0 Å². The molecule has 3 aromatic rings. The maximum absolute atomic E-state index is 12.9. The van der Waals surface area contributed by atoms with Gasteiger partial charge in [0.1, 0.15) is 11.5 Å². The number of hydrogen-bond acceptors (Lipinski definition) is 4. The van der Waals surface area contributed by atoms with Gasteiger partial charge in [-0.1, -0.05) is 24.3 Å². The van der Waals surface area contributed by atoms with Gasteiger partial charge in [0.05, 0.1) is 36.9 Å². The number of ketones is 1. The lowest BCUT2D eigenvalue weighted by molar-refractivity contribution is 0.0963. The molecule has 0 spiro atoms. The molecule has 0 amide bonds. The molecule has 1 aliphatic carbocycles. The zero-order valence-electron chi connectivity index (χ0n) is 15.7. The van der Waals surface area contributed by atoms with E-state index in [0.717, 1.165) is 46.1 Å². The van der Waals surface area contributed by atoms with Crippen LogP contribution in [0.3, 0.4) is 0 Å². The van der Waals surface area contributed by atoms with Crippen LogP contribution in [-0.2, 0) is 6.42 Å². The summed E-state index contributed by atoms with van der Waals surface area (Å²) in [6.45, 7) is 1.91. The number of carbonyl (C=O) groups excluding carboxylic acids is 1. The molecule has 1 heterocycles. The van der Waals surface area contributed by atoms with Gasteiger partial charge in [-0.05, 0) is 37.1 Å². The summed E-state index contributed by atoms with van der Waals surface area (Å²) in [5.74, 6) is 1.67. The van der Waals surface area contributed by atoms with Gasteiger partial charge in [-0.2, -0.15) is 5.10 Å². The van der Waals surface area contributed by atoms with Crippen molar-refractivity contribution in [2.75, 3.05) is 14.2 Å². The van der Waals surface area contributed by atoms with E-state index in [9.17, 15) is 4.79 Å². The van der Waals surface area contributed by atoms with E-state index in [1.807, 2.05) is 60.1 Å². The van der Waals surface area contributed by atoms with Gasteiger partial charge in [-0.3, -0.25) is 4.79 Å². The van der Waals surface area contributed by atoms with Crippen LogP contribution < -0.4 is 9.47 Å². The highest BCUT2D eigenvalue weighted by molar-refractivity contribution is 6.00. The van der Waals surface area contributed by atoms with Gasteiger partial charge < -0.3 is 9.47 Å². The summed E-state index contributed by atoms with van der Waals surface area (Å²) in [7, 11) is 3.28. The van der Waals surface area contributed by atoms with Crippen LogP contribution in [0.1, 0.15) is 39.6 Å². The third-order valence-corrected chi connectivity index (χ3v) is 5.19. The Hall–Kier alpha value is -3.08. The molecule has 0 bridgehead atoms. The number of ether oxygens (including phenoxy) is 2. The predicted octanol–water partition coefficient (Wildman–Crippen LogP) is 4.11. The number of nitrogens with zero attached hydrogens (tertiary/aromatic N) is 2. The first-order chi connectivity index (χ1) is 13.1. The van der Waals surface area contributed by atoms with Gasteiger partial charge in [0, 0.05) is 18.4 Å². The molecule has 0 N–H and O–H groups in total. The zero-order valence-corrected chi connectivity index (χ0v) is 15.7. The average molecular weight is 362 g/mol. The zero-order chi connectivity index (χ0) is 19.0. The monoisotopic (exact) mass is 362 g/mol. The van der Waals surface area contributed by atoms with Gasteiger partial charge in [0.2, 0.25) is 0 Å². The topological polar surface area (TPSA) is 53.3 Å². The van der Waals surface area contributed by atoms with Crippen LogP contribution in [0.4, 0.5) is 0 Å². The fourth-order valence-corrected chi connectivity index (χ4v) is 3.92. The second-order valence-corrected chi connectivity index (χ2v) is 6.79. The summed E-state index contributed by atoms with van der Waals surface area (Å²) >= 11 is 0. The molecule has 4 rings (SSSR count). The first-order valence-corrected chi connectivity index (χ1v) is 9.01. The molecule has 1 atom stereocenters. The minimum atomic E-state index is 0.0458. The van der Waals surface area contributed by atoms with Crippen LogP contribution in [0.15, 0.2) is 48.5 Å². The molecule has 1 aliphatic rings. The molecule has 27 heavy (non-hydrogen) atoms. The molecule has 1 aromatic heterocycles.